The summed E-state index contributed by atoms with van der Waals surface area (Å²) in [5.74, 6) is -0.191. The Morgan fingerprint density at radius 1 is 1.45 bits per heavy atom. The molecule has 1 aromatic carbocycles. The number of nitrogens with zero attached hydrogens (tertiary/aromatic N) is 1. The quantitative estimate of drug-likeness (QED) is 0.803. The van der Waals surface area contributed by atoms with Crippen molar-refractivity contribution < 1.29 is 9.13 Å². The average Bonchev–Trinajstić information content (AvgIpc) is 2.40. The molecule has 1 unspecified atom stereocenters. The molecule has 0 aliphatic carbocycles. The van der Waals surface area contributed by atoms with Gasteiger partial charge in [-0.15, -0.1) is 0 Å². The van der Waals surface area contributed by atoms with Crippen LogP contribution in [0.5, 0.6) is 0 Å². The molecular weight excluding hydrogens is 323 g/mol. The van der Waals surface area contributed by atoms with E-state index in [1.165, 1.54) is 6.07 Å². The van der Waals surface area contributed by atoms with E-state index >= 15 is 0 Å². The zero-order valence-corrected chi connectivity index (χ0v) is 13.5. The fraction of sp³-hybridized carbons (Fsp3) is 0.600. The molecule has 0 saturated carbocycles. The minimum absolute atomic E-state index is 0.191. The van der Waals surface area contributed by atoms with Crippen LogP contribution in [0.25, 0.3) is 0 Å². The van der Waals surface area contributed by atoms with E-state index in [-0.39, 0.29) is 5.82 Å². The van der Waals surface area contributed by atoms with E-state index in [0.29, 0.717) is 6.04 Å². The molecule has 0 amide bonds. The molecule has 1 aromatic rings. The Bertz CT molecular complexity index is 410. The van der Waals surface area contributed by atoms with Crippen LogP contribution < -0.4 is 5.32 Å². The van der Waals surface area contributed by atoms with Gasteiger partial charge in [-0.3, -0.25) is 4.90 Å². The van der Waals surface area contributed by atoms with Gasteiger partial charge in [0.15, 0.2) is 0 Å². The SMILES string of the molecule is CCCNCC1COCCN1Cc1cc(F)cc(Br)c1. The first-order valence-electron chi connectivity index (χ1n) is 7.16. The fourth-order valence-corrected chi connectivity index (χ4v) is 2.98. The van der Waals surface area contributed by atoms with Gasteiger partial charge in [-0.25, -0.2) is 4.39 Å². The highest BCUT2D eigenvalue weighted by Crippen LogP contribution is 2.18. The third-order valence-corrected chi connectivity index (χ3v) is 3.92. The molecule has 1 saturated heterocycles. The number of benzene rings is 1. The maximum atomic E-state index is 13.4. The molecular formula is C15H22BrFN2O. The van der Waals surface area contributed by atoms with Crippen LogP contribution in [0.3, 0.4) is 0 Å². The van der Waals surface area contributed by atoms with Crippen molar-refractivity contribution in [3.8, 4) is 0 Å². The number of rotatable bonds is 6. The van der Waals surface area contributed by atoms with E-state index in [9.17, 15) is 4.39 Å². The molecule has 1 atom stereocenters. The highest BCUT2D eigenvalue weighted by atomic mass is 79.9. The summed E-state index contributed by atoms with van der Waals surface area (Å²) in [5, 5.41) is 3.44. The lowest BCUT2D eigenvalue weighted by atomic mass is 10.1. The molecule has 0 radical (unpaired) electrons. The van der Waals surface area contributed by atoms with Crippen LogP contribution >= 0.6 is 15.9 Å². The van der Waals surface area contributed by atoms with E-state index in [2.05, 4.69) is 33.1 Å². The van der Waals surface area contributed by atoms with Crippen LogP contribution in [0.2, 0.25) is 0 Å². The summed E-state index contributed by atoms with van der Waals surface area (Å²) in [6.45, 7) is 7.26. The third kappa shape index (κ3) is 4.81. The van der Waals surface area contributed by atoms with Gasteiger partial charge >= 0.3 is 0 Å². The van der Waals surface area contributed by atoms with E-state index in [1.54, 1.807) is 6.07 Å². The highest BCUT2D eigenvalue weighted by Gasteiger charge is 2.22. The summed E-state index contributed by atoms with van der Waals surface area (Å²) >= 11 is 3.35. The molecule has 112 valence electrons. The Balaban J connectivity index is 1.96. The molecule has 1 fully saturated rings. The van der Waals surface area contributed by atoms with E-state index in [4.69, 9.17) is 4.74 Å². The van der Waals surface area contributed by atoms with Gasteiger partial charge in [-0.1, -0.05) is 22.9 Å². The second kappa shape index (κ2) is 8.08. The maximum Gasteiger partial charge on any atom is 0.124 e. The van der Waals surface area contributed by atoms with Gasteiger partial charge in [0, 0.05) is 30.1 Å². The first-order chi connectivity index (χ1) is 9.69. The first kappa shape index (κ1) is 15.9. The number of hydrogen-bond donors (Lipinski definition) is 1. The van der Waals surface area contributed by atoms with Crippen molar-refractivity contribution in [1.82, 2.24) is 10.2 Å². The number of ether oxygens (including phenoxy) is 1. The smallest absolute Gasteiger partial charge is 0.124 e. The summed E-state index contributed by atoms with van der Waals surface area (Å²) in [5.41, 5.74) is 0.999. The molecule has 0 bridgehead atoms. The van der Waals surface area contributed by atoms with Crippen molar-refractivity contribution in [2.24, 2.45) is 0 Å². The molecule has 1 heterocycles. The lowest BCUT2D eigenvalue weighted by Crippen LogP contribution is -2.49. The van der Waals surface area contributed by atoms with Crippen LogP contribution in [0, 0.1) is 5.82 Å². The molecule has 2 rings (SSSR count). The maximum absolute atomic E-state index is 13.4. The summed E-state index contributed by atoms with van der Waals surface area (Å²) in [7, 11) is 0. The van der Waals surface area contributed by atoms with Crippen molar-refractivity contribution in [3.05, 3.63) is 34.1 Å². The van der Waals surface area contributed by atoms with Gasteiger partial charge in [0.1, 0.15) is 5.82 Å². The van der Waals surface area contributed by atoms with Crippen LogP contribution in [0.4, 0.5) is 4.39 Å². The van der Waals surface area contributed by atoms with Crippen molar-refractivity contribution in [2.45, 2.75) is 25.9 Å². The largest absolute Gasteiger partial charge is 0.378 e. The molecule has 1 aliphatic heterocycles. The molecule has 0 spiro atoms. The Hall–Kier alpha value is -0.490. The summed E-state index contributed by atoms with van der Waals surface area (Å²) in [6, 6.07) is 5.44. The Morgan fingerprint density at radius 3 is 3.05 bits per heavy atom. The van der Waals surface area contributed by atoms with Crippen LogP contribution in [-0.4, -0.2) is 43.8 Å². The molecule has 5 heteroatoms. The normalized spacial score (nSPS) is 20.2. The highest BCUT2D eigenvalue weighted by molar-refractivity contribution is 9.10. The predicted molar refractivity (Wildman–Crippen MR) is 82.3 cm³/mol. The fourth-order valence-electron chi connectivity index (χ4n) is 2.47. The molecule has 1 N–H and O–H groups in total. The van der Waals surface area contributed by atoms with Gasteiger partial charge in [0.2, 0.25) is 0 Å². The van der Waals surface area contributed by atoms with Gasteiger partial charge in [-0.2, -0.15) is 0 Å². The van der Waals surface area contributed by atoms with Crippen LogP contribution in [0.15, 0.2) is 22.7 Å². The van der Waals surface area contributed by atoms with Crippen molar-refractivity contribution in [3.63, 3.8) is 0 Å². The topological polar surface area (TPSA) is 24.5 Å². The van der Waals surface area contributed by atoms with Gasteiger partial charge in [-0.05, 0) is 36.7 Å². The van der Waals surface area contributed by atoms with Crippen molar-refractivity contribution in [2.75, 3.05) is 32.8 Å². The zero-order valence-electron chi connectivity index (χ0n) is 11.9. The van der Waals surface area contributed by atoms with E-state index in [1.807, 2.05) is 6.07 Å². The molecule has 20 heavy (non-hydrogen) atoms. The Labute approximate surface area is 128 Å². The minimum Gasteiger partial charge on any atom is -0.378 e. The Kier molecular flexibility index (Phi) is 6.42. The average molecular weight is 345 g/mol. The number of morpholine rings is 1. The van der Waals surface area contributed by atoms with E-state index in [0.717, 1.165) is 55.8 Å². The second-order valence-electron chi connectivity index (χ2n) is 5.18. The van der Waals surface area contributed by atoms with Crippen molar-refractivity contribution >= 4 is 15.9 Å². The number of halogens is 2. The summed E-state index contributed by atoms with van der Waals surface area (Å²) in [6.07, 6.45) is 1.13. The second-order valence-corrected chi connectivity index (χ2v) is 6.10. The van der Waals surface area contributed by atoms with Crippen LogP contribution in [-0.2, 0) is 11.3 Å². The van der Waals surface area contributed by atoms with Gasteiger partial charge in [0.25, 0.3) is 0 Å². The molecule has 3 nitrogen and oxygen atoms in total. The minimum atomic E-state index is -0.191. The summed E-state index contributed by atoms with van der Waals surface area (Å²) in [4.78, 5) is 2.37. The number of nitrogens with one attached hydrogen (secondary N) is 1. The lowest BCUT2D eigenvalue weighted by molar-refractivity contribution is -0.0109. The standard InChI is InChI=1S/C15H22BrFN2O/c1-2-3-18-9-15-11-20-5-4-19(15)10-12-6-13(16)8-14(17)7-12/h6-8,15,18H,2-5,9-11H2,1H3. The Morgan fingerprint density at radius 2 is 2.30 bits per heavy atom. The van der Waals surface area contributed by atoms with Gasteiger partial charge in [0.05, 0.1) is 13.2 Å². The van der Waals surface area contributed by atoms with Gasteiger partial charge < -0.3 is 10.1 Å². The zero-order chi connectivity index (χ0) is 14.4. The van der Waals surface area contributed by atoms with Crippen LogP contribution in [0.1, 0.15) is 18.9 Å². The van der Waals surface area contributed by atoms with E-state index < -0.39 is 0 Å². The third-order valence-electron chi connectivity index (χ3n) is 3.46. The molecule has 0 aromatic heterocycles. The lowest BCUT2D eigenvalue weighted by Gasteiger charge is -2.35. The number of hydrogen-bond acceptors (Lipinski definition) is 3. The molecule has 1 aliphatic rings. The van der Waals surface area contributed by atoms with Crippen molar-refractivity contribution in [1.29, 1.82) is 0 Å². The monoisotopic (exact) mass is 344 g/mol. The summed E-state index contributed by atoms with van der Waals surface area (Å²) < 4.78 is 19.8. The first-order valence-corrected chi connectivity index (χ1v) is 7.96. The predicted octanol–water partition coefficient (Wildman–Crippen LogP) is 2.79.